The second-order valence-corrected chi connectivity index (χ2v) is 4.84. The second-order valence-electron chi connectivity index (χ2n) is 4.84. The van der Waals surface area contributed by atoms with Gasteiger partial charge in [0, 0.05) is 11.6 Å². The monoisotopic (exact) mass is 284 g/mol. The van der Waals surface area contributed by atoms with Crippen LogP contribution in [0.3, 0.4) is 0 Å². The van der Waals surface area contributed by atoms with Crippen LogP contribution in [-0.2, 0) is 0 Å². The fraction of sp³-hybridized carbons (Fsp3) is 0. The zero-order valence-electron chi connectivity index (χ0n) is 11.9. The molecule has 0 saturated carbocycles. The minimum Gasteiger partial charge on any atom is -0.550 e. The maximum Gasteiger partial charge on any atom is 0.418 e. The van der Waals surface area contributed by atoms with Gasteiger partial charge in [0.1, 0.15) is 11.3 Å². The third-order valence-electron chi connectivity index (χ3n) is 3.43. The van der Waals surface area contributed by atoms with E-state index in [4.69, 9.17) is 9.92 Å². The van der Waals surface area contributed by atoms with Gasteiger partial charge in [-0.3, -0.25) is 4.98 Å². The zero-order valence-corrected chi connectivity index (χ0v) is 11.9. The van der Waals surface area contributed by atoms with Crippen LogP contribution in [-0.4, -0.2) is 11.9 Å². The van der Waals surface area contributed by atoms with Crippen molar-refractivity contribution in [2.75, 3.05) is 0 Å². The first kappa shape index (κ1) is 13.9. The summed E-state index contributed by atoms with van der Waals surface area (Å²) in [7, 11) is 0. The van der Waals surface area contributed by atoms with Crippen LogP contribution < -0.4 is 10.1 Å². The van der Waals surface area contributed by atoms with Gasteiger partial charge in [0.25, 0.3) is 0 Å². The lowest BCUT2D eigenvalue weighted by molar-refractivity contribution is 0.596. The van der Waals surface area contributed by atoms with Gasteiger partial charge < -0.3 is 4.65 Å². The summed E-state index contributed by atoms with van der Waals surface area (Å²) in [6.45, 7) is 3.55. The molecule has 3 aromatic rings. The quantitative estimate of drug-likeness (QED) is 0.691. The smallest absolute Gasteiger partial charge is 0.418 e. The largest absolute Gasteiger partial charge is 0.550 e. The Morgan fingerprint density at radius 3 is 2.59 bits per heavy atom. The van der Waals surface area contributed by atoms with Gasteiger partial charge in [0.05, 0.1) is 11.6 Å². The summed E-state index contributed by atoms with van der Waals surface area (Å²) in [5.74, 6) is 2.45. The van der Waals surface area contributed by atoms with Crippen LogP contribution in [0.2, 0.25) is 0 Å². The van der Waals surface area contributed by atoms with Gasteiger partial charge >= 0.3 is 6.92 Å². The number of pyridine rings is 1. The lowest BCUT2D eigenvalue weighted by Gasteiger charge is -2.14. The van der Waals surface area contributed by atoms with Crippen molar-refractivity contribution in [2.45, 2.75) is 0 Å². The molecule has 0 radical (unpaired) electrons. The van der Waals surface area contributed by atoms with E-state index in [9.17, 15) is 0 Å². The SMILES string of the molecule is C=CB(Oc1cccc2cccnc12)c1ccc(C#N)cc1. The Bertz CT molecular complexity index is 848. The average Bonchev–Trinajstić information content (AvgIpc) is 2.60. The summed E-state index contributed by atoms with van der Waals surface area (Å²) in [5.41, 5.74) is 2.39. The van der Waals surface area contributed by atoms with Crippen LogP contribution in [0.4, 0.5) is 0 Å². The van der Waals surface area contributed by atoms with Crippen LogP contribution in [0.25, 0.3) is 10.9 Å². The molecule has 0 atom stereocenters. The van der Waals surface area contributed by atoms with E-state index in [1.54, 1.807) is 24.3 Å². The van der Waals surface area contributed by atoms with Crippen molar-refractivity contribution in [3.8, 4) is 11.8 Å². The molecule has 0 aliphatic rings. The van der Waals surface area contributed by atoms with Gasteiger partial charge in [-0.25, -0.2) is 0 Å². The van der Waals surface area contributed by atoms with Gasteiger partial charge in [-0.1, -0.05) is 36.3 Å². The molecular formula is C18H13BN2O. The van der Waals surface area contributed by atoms with E-state index >= 15 is 0 Å². The molecule has 0 N–H and O–H groups in total. The highest BCUT2D eigenvalue weighted by atomic mass is 16.4. The molecule has 22 heavy (non-hydrogen) atoms. The summed E-state index contributed by atoms with van der Waals surface area (Å²) in [6.07, 6.45) is 1.75. The Hall–Kier alpha value is -3.06. The number of hydrogen-bond donors (Lipinski definition) is 0. The number of fused-ring (bicyclic) bond motifs is 1. The highest BCUT2D eigenvalue weighted by Crippen LogP contribution is 2.23. The number of benzene rings is 2. The summed E-state index contributed by atoms with van der Waals surface area (Å²) in [5, 5.41) is 9.90. The summed E-state index contributed by atoms with van der Waals surface area (Å²) >= 11 is 0. The molecule has 0 aliphatic carbocycles. The Morgan fingerprint density at radius 2 is 1.86 bits per heavy atom. The number of rotatable bonds is 4. The van der Waals surface area contributed by atoms with E-state index in [-0.39, 0.29) is 6.92 Å². The second kappa shape index (κ2) is 6.15. The van der Waals surface area contributed by atoms with Gasteiger partial charge in [0.15, 0.2) is 0 Å². The van der Waals surface area contributed by atoms with E-state index in [0.717, 1.165) is 16.4 Å². The highest BCUT2D eigenvalue weighted by Gasteiger charge is 2.18. The fourth-order valence-electron chi connectivity index (χ4n) is 2.31. The van der Waals surface area contributed by atoms with E-state index in [2.05, 4.69) is 17.6 Å². The Kier molecular flexibility index (Phi) is 3.89. The Balaban J connectivity index is 1.94. The summed E-state index contributed by atoms with van der Waals surface area (Å²) in [4.78, 5) is 4.39. The number of nitrogens with zero attached hydrogens (tertiary/aromatic N) is 2. The molecular weight excluding hydrogens is 271 g/mol. The molecule has 0 fully saturated rings. The molecule has 0 aliphatic heterocycles. The maximum absolute atomic E-state index is 8.87. The predicted molar refractivity (Wildman–Crippen MR) is 89.1 cm³/mol. The molecule has 3 nitrogen and oxygen atoms in total. The van der Waals surface area contributed by atoms with Crippen molar-refractivity contribution >= 4 is 23.3 Å². The van der Waals surface area contributed by atoms with Crippen molar-refractivity contribution in [3.05, 3.63) is 78.9 Å². The van der Waals surface area contributed by atoms with Crippen molar-refractivity contribution < 1.29 is 4.65 Å². The molecule has 104 valence electrons. The van der Waals surface area contributed by atoms with Crippen LogP contribution in [0, 0.1) is 11.3 Å². The Morgan fingerprint density at radius 1 is 1.09 bits per heavy atom. The molecule has 2 aromatic carbocycles. The lowest BCUT2D eigenvalue weighted by Crippen LogP contribution is -2.34. The zero-order chi connectivity index (χ0) is 15.4. The molecule has 1 aromatic heterocycles. The Labute approximate surface area is 129 Å². The third kappa shape index (κ3) is 2.70. The molecule has 4 heteroatoms. The standard InChI is InChI=1S/C18H13BN2O/c1-2-19(16-10-8-14(13-20)9-11-16)22-17-7-3-5-15-6-4-12-21-18(15)17/h2-12H,1H2. The first-order valence-electron chi connectivity index (χ1n) is 6.95. The van der Waals surface area contributed by atoms with Crippen LogP contribution >= 0.6 is 0 Å². The lowest BCUT2D eigenvalue weighted by atomic mass is 9.61. The molecule has 1 heterocycles. The first-order chi connectivity index (χ1) is 10.8. The number of para-hydroxylation sites is 1. The van der Waals surface area contributed by atoms with E-state index in [1.165, 1.54) is 0 Å². The first-order valence-corrected chi connectivity index (χ1v) is 6.95. The minimum atomic E-state index is -0.291. The van der Waals surface area contributed by atoms with Crippen molar-refractivity contribution in [1.82, 2.24) is 4.98 Å². The van der Waals surface area contributed by atoms with Crippen LogP contribution in [0.1, 0.15) is 5.56 Å². The van der Waals surface area contributed by atoms with E-state index in [1.807, 2.05) is 42.5 Å². The van der Waals surface area contributed by atoms with E-state index < -0.39 is 0 Å². The number of hydrogen-bond acceptors (Lipinski definition) is 3. The topological polar surface area (TPSA) is 45.9 Å². The molecule has 0 bridgehead atoms. The maximum atomic E-state index is 8.87. The van der Waals surface area contributed by atoms with Crippen LogP contribution in [0.5, 0.6) is 5.75 Å². The molecule has 0 saturated heterocycles. The fourth-order valence-corrected chi connectivity index (χ4v) is 2.31. The average molecular weight is 284 g/mol. The normalized spacial score (nSPS) is 9.95. The summed E-state index contributed by atoms with van der Waals surface area (Å²) in [6, 6.07) is 19.2. The molecule has 0 amide bonds. The molecule has 0 unspecified atom stereocenters. The number of nitriles is 1. The van der Waals surface area contributed by atoms with Crippen molar-refractivity contribution in [1.29, 1.82) is 5.26 Å². The van der Waals surface area contributed by atoms with Crippen LogP contribution in [0.15, 0.2) is 73.3 Å². The third-order valence-corrected chi connectivity index (χ3v) is 3.43. The minimum absolute atomic E-state index is 0.291. The van der Waals surface area contributed by atoms with Gasteiger partial charge in [-0.05, 0) is 29.7 Å². The van der Waals surface area contributed by atoms with E-state index in [0.29, 0.717) is 11.3 Å². The molecule has 0 spiro atoms. The summed E-state index contributed by atoms with van der Waals surface area (Å²) < 4.78 is 6.07. The molecule has 3 rings (SSSR count). The highest BCUT2D eigenvalue weighted by molar-refractivity contribution is 6.72. The van der Waals surface area contributed by atoms with Crippen molar-refractivity contribution in [3.63, 3.8) is 0 Å². The van der Waals surface area contributed by atoms with Gasteiger partial charge in [0.2, 0.25) is 0 Å². The van der Waals surface area contributed by atoms with Gasteiger partial charge in [-0.2, -0.15) is 5.26 Å². The van der Waals surface area contributed by atoms with Crippen molar-refractivity contribution in [2.24, 2.45) is 0 Å². The predicted octanol–water partition coefficient (Wildman–Crippen LogP) is 3.11. The number of aromatic nitrogens is 1. The van der Waals surface area contributed by atoms with Gasteiger partial charge in [-0.15, -0.1) is 6.58 Å².